The van der Waals surface area contributed by atoms with E-state index in [-0.39, 0.29) is 54.7 Å². The average molecular weight is 836 g/mol. The Bertz CT molecular complexity index is 2100. The number of aryl methyl sites for hydroxylation is 1. The summed E-state index contributed by atoms with van der Waals surface area (Å²) in [6.07, 6.45) is 7.16. The van der Waals surface area contributed by atoms with Gasteiger partial charge >= 0.3 is 6.09 Å². The fourth-order valence-corrected chi connectivity index (χ4v) is 8.02. The molecular weight excluding hydrogens is 776 g/mol. The molecule has 326 valence electrons. The van der Waals surface area contributed by atoms with E-state index in [9.17, 15) is 9.59 Å². The molecule has 14 heteroatoms. The molecule has 2 fully saturated rings. The van der Waals surface area contributed by atoms with Crippen LogP contribution in [0.3, 0.4) is 0 Å². The molecule has 1 N–H and O–H groups in total. The molecule has 11 nitrogen and oxygen atoms in total. The largest absolute Gasteiger partial charge is 0.487 e. The lowest BCUT2D eigenvalue weighted by atomic mass is 9.85. The number of ether oxygens (including phenoxy) is 4. The summed E-state index contributed by atoms with van der Waals surface area (Å²) in [5, 5.41) is 13.1. The van der Waals surface area contributed by atoms with Gasteiger partial charge in [-0.1, -0.05) is 67.8 Å². The molecule has 0 bridgehead atoms. The molecule has 2 aliphatic heterocycles. The third kappa shape index (κ3) is 11.2. The van der Waals surface area contributed by atoms with Crippen LogP contribution in [0.1, 0.15) is 120 Å². The fourth-order valence-electron chi connectivity index (χ4n) is 8.02. The molecule has 0 radical (unpaired) electrons. The number of anilines is 1. The molecule has 0 unspecified atom stereocenters. The van der Waals surface area contributed by atoms with Crippen LogP contribution in [-0.4, -0.2) is 70.9 Å². The Labute approximate surface area is 350 Å². The van der Waals surface area contributed by atoms with E-state index in [0.717, 1.165) is 43.7 Å². The molecule has 0 saturated carbocycles. The van der Waals surface area contributed by atoms with E-state index in [2.05, 4.69) is 27.6 Å². The van der Waals surface area contributed by atoms with Gasteiger partial charge in [0.25, 0.3) is 11.5 Å². The van der Waals surface area contributed by atoms with Gasteiger partial charge in [-0.2, -0.15) is 5.10 Å². The highest BCUT2D eigenvalue weighted by Gasteiger charge is 2.46. The molecule has 6 rings (SSSR count). The zero-order valence-corrected chi connectivity index (χ0v) is 35.6. The zero-order valence-electron chi connectivity index (χ0n) is 35.6. The Morgan fingerprint density at radius 2 is 1.62 bits per heavy atom. The summed E-state index contributed by atoms with van der Waals surface area (Å²) in [5.74, 6) is -5.21. The summed E-state index contributed by atoms with van der Waals surface area (Å²) >= 11 is 0. The predicted octanol–water partition coefficient (Wildman–Crippen LogP) is 10.0. The van der Waals surface area contributed by atoms with Crippen molar-refractivity contribution in [1.82, 2.24) is 19.7 Å². The zero-order chi connectivity index (χ0) is 42.9. The Kier molecular flexibility index (Phi) is 15.1. The molecule has 0 aliphatic carbocycles. The third-order valence-electron chi connectivity index (χ3n) is 11.4. The first-order valence-corrected chi connectivity index (χ1v) is 21.4. The topological polar surface area (TPSA) is 117 Å². The SMILES string of the molecule is Cc1nnc(N[C@H](C)c2cccc(C(F)(F)C3CCN(C(=O)OC(C)(C)C)CC3)c2F)c2cn(C3CCOCC3)c(=O)c(OCCCCCCCOCc3ccccc3)c12. The second-order valence-electron chi connectivity index (χ2n) is 17.0. The van der Waals surface area contributed by atoms with Crippen LogP contribution in [0.25, 0.3) is 10.8 Å². The molecule has 0 spiro atoms. The van der Waals surface area contributed by atoms with Crippen molar-refractivity contribution < 1.29 is 36.9 Å². The number of alkyl halides is 2. The molecule has 4 aromatic rings. The highest BCUT2D eigenvalue weighted by Crippen LogP contribution is 2.44. The van der Waals surface area contributed by atoms with Crippen LogP contribution in [0.4, 0.5) is 23.8 Å². The second kappa shape index (κ2) is 20.2. The summed E-state index contributed by atoms with van der Waals surface area (Å²) in [7, 11) is 0. The van der Waals surface area contributed by atoms with Gasteiger partial charge < -0.3 is 33.7 Å². The number of carbonyl (C=O) groups excluding carboxylic acids is 1. The van der Waals surface area contributed by atoms with Gasteiger partial charge in [-0.05, 0) is 78.7 Å². The number of benzene rings is 2. The number of likely N-dealkylation sites (tertiary alicyclic amines) is 1. The van der Waals surface area contributed by atoms with Crippen molar-refractivity contribution in [2.75, 3.05) is 44.8 Å². The smallest absolute Gasteiger partial charge is 0.410 e. The number of hydrogen-bond donors (Lipinski definition) is 1. The quantitative estimate of drug-likeness (QED) is 0.104. The van der Waals surface area contributed by atoms with Crippen molar-refractivity contribution in [3.05, 3.63) is 93.3 Å². The van der Waals surface area contributed by atoms with Gasteiger partial charge in [0.2, 0.25) is 0 Å². The summed E-state index contributed by atoms with van der Waals surface area (Å²) < 4.78 is 73.4. The van der Waals surface area contributed by atoms with Crippen LogP contribution in [0.15, 0.2) is 59.5 Å². The van der Waals surface area contributed by atoms with Gasteiger partial charge in [0, 0.05) is 62.0 Å². The van der Waals surface area contributed by atoms with Gasteiger partial charge in [0.1, 0.15) is 11.4 Å². The molecular formula is C46H60F3N5O6. The number of nitrogens with zero attached hydrogens (tertiary/aromatic N) is 4. The Balaban J connectivity index is 1.15. The molecule has 4 heterocycles. The number of hydrogen-bond acceptors (Lipinski definition) is 9. The van der Waals surface area contributed by atoms with Gasteiger partial charge in [0.15, 0.2) is 11.6 Å². The highest BCUT2D eigenvalue weighted by molar-refractivity contribution is 5.96. The number of fused-ring (bicyclic) bond motifs is 1. The summed E-state index contributed by atoms with van der Waals surface area (Å²) in [5.41, 5.74) is 0.0270. The Hall–Kier alpha value is -4.69. The monoisotopic (exact) mass is 835 g/mol. The molecule has 2 saturated heterocycles. The summed E-state index contributed by atoms with van der Waals surface area (Å²) in [6, 6.07) is 13.2. The van der Waals surface area contributed by atoms with Crippen LogP contribution in [0.5, 0.6) is 5.75 Å². The third-order valence-corrected chi connectivity index (χ3v) is 11.4. The van der Waals surface area contributed by atoms with Gasteiger partial charge in [0.05, 0.1) is 35.9 Å². The van der Waals surface area contributed by atoms with E-state index in [4.69, 9.17) is 18.9 Å². The van der Waals surface area contributed by atoms with Crippen molar-refractivity contribution >= 4 is 22.7 Å². The summed E-state index contributed by atoms with van der Waals surface area (Å²) in [4.78, 5) is 28.1. The minimum Gasteiger partial charge on any atom is -0.487 e. The first-order valence-electron chi connectivity index (χ1n) is 21.4. The normalized spacial score (nSPS) is 16.2. The molecule has 2 aliphatic rings. The van der Waals surface area contributed by atoms with Crippen LogP contribution < -0.4 is 15.6 Å². The van der Waals surface area contributed by atoms with Crippen LogP contribution in [0.2, 0.25) is 0 Å². The van der Waals surface area contributed by atoms with E-state index in [1.807, 2.05) is 18.2 Å². The maximum absolute atomic E-state index is 16.3. The van der Waals surface area contributed by atoms with Crippen LogP contribution in [0, 0.1) is 18.7 Å². The fraction of sp³-hybridized carbons (Fsp3) is 0.565. The number of aromatic nitrogens is 3. The van der Waals surface area contributed by atoms with Gasteiger partial charge in [-0.3, -0.25) is 4.79 Å². The number of halogens is 3. The Morgan fingerprint density at radius 3 is 2.32 bits per heavy atom. The molecule has 2 aromatic carbocycles. The molecule has 1 atom stereocenters. The van der Waals surface area contributed by atoms with E-state index < -0.39 is 41.0 Å². The first-order chi connectivity index (χ1) is 28.7. The van der Waals surface area contributed by atoms with Crippen molar-refractivity contribution in [1.29, 1.82) is 0 Å². The van der Waals surface area contributed by atoms with E-state index in [1.165, 1.54) is 17.0 Å². The highest BCUT2D eigenvalue weighted by atomic mass is 19.3. The number of unbranched alkanes of at least 4 members (excludes halogenated alkanes) is 4. The lowest BCUT2D eigenvalue weighted by Crippen LogP contribution is -2.44. The first kappa shape index (κ1) is 44.9. The lowest BCUT2D eigenvalue weighted by Gasteiger charge is -2.37. The van der Waals surface area contributed by atoms with Crippen LogP contribution in [-0.2, 0) is 26.7 Å². The van der Waals surface area contributed by atoms with Crippen LogP contribution >= 0.6 is 0 Å². The number of amides is 1. The maximum Gasteiger partial charge on any atom is 0.410 e. The van der Waals surface area contributed by atoms with Crippen molar-refractivity contribution in [2.45, 2.75) is 123 Å². The van der Waals surface area contributed by atoms with Gasteiger partial charge in [-0.15, -0.1) is 5.10 Å². The predicted molar refractivity (Wildman–Crippen MR) is 225 cm³/mol. The standard InChI is InChI=1S/C46H60F3N5O6/c1-31(36-17-14-18-38(40(36)47)46(48,49)34-19-23-53(24-20-34)44(56)60-45(3,4)5)50-42-37-29-54(35-21-27-57-28-22-35)43(55)41(39(37)32(2)51-52-42)59-26-13-8-6-7-12-25-58-30-33-15-10-9-11-16-33/h9-11,14-18,29,31,34-35H,6-8,12-13,19-28,30H2,1-5H3,(H,50,52)/t31-/m1/s1. The van der Waals surface area contributed by atoms with E-state index in [1.54, 1.807) is 45.4 Å². The number of carbonyl (C=O) groups is 1. The number of piperidine rings is 1. The molecule has 60 heavy (non-hydrogen) atoms. The number of nitrogens with one attached hydrogen (secondary N) is 1. The number of pyridine rings is 1. The maximum atomic E-state index is 16.3. The minimum absolute atomic E-state index is 0.00110. The van der Waals surface area contributed by atoms with Crippen molar-refractivity contribution in [2.24, 2.45) is 5.92 Å². The lowest BCUT2D eigenvalue weighted by molar-refractivity contribution is -0.0885. The summed E-state index contributed by atoms with van der Waals surface area (Å²) in [6.45, 7) is 11.5. The average Bonchev–Trinajstić information content (AvgIpc) is 3.23. The van der Waals surface area contributed by atoms with Crippen molar-refractivity contribution in [3.8, 4) is 5.75 Å². The van der Waals surface area contributed by atoms with Gasteiger partial charge in [-0.25, -0.2) is 18.0 Å². The number of rotatable bonds is 17. The molecule has 2 aromatic heterocycles. The minimum atomic E-state index is -3.49. The van der Waals surface area contributed by atoms with E-state index >= 15 is 13.2 Å². The van der Waals surface area contributed by atoms with Crippen molar-refractivity contribution in [3.63, 3.8) is 0 Å². The molecule has 1 amide bonds. The van der Waals surface area contributed by atoms with E-state index in [0.29, 0.717) is 62.3 Å². The Morgan fingerprint density at radius 1 is 0.933 bits per heavy atom. The second-order valence-corrected chi connectivity index (χ2v) is 17.0.